The van der Waals surface area contributed by atoms with Crippen molar-refractivity contribution in [2.75, 3.05) is 25.1 Å². The van der Waals surface area contributed by atoms with E-state index in [1.807, 2.05) is 0 Å². The zero-order valence-corrected chi connectivity index (χ0v) is 41.6. The van der Waals surface area contributed by atoms with Gasteiger partial charge < -0.3 is 49.5 Å². The van der Waals surface area contributed by atoms with Crippen LogP contribution in [0.1, 0.15) is 76.9 Å². The molecule has 2 heterocycles. The number of thioether (sulfide) groups is 1. The number of alkyl halides is 3. The topological polar surface area (TPSA) is 267 Å². The van der Waals surface area contributed by atoms with Crippen LogP contribution < -0.4 is 21.7 Å². The molecule has 5 amide bonds. The first-order chi connectivity index (χ1) is 32.8. The molecule has 1 fully saturated rings. The largest absolute Gasteiger partial charge is 0.509 e. The summed E-state index contributed by atoms with van der Waals surface area (Å²) >= 11 is 18.3. The second kappa shape index (κ2) is 23.5. The van der Waals surface area contributed by atoms with E-state index in [1.165, 1.54) is 29.2 Å². The Kier molecular flexibility index (Phi) is 18.3. The van der Waals surface area contributed by atoms with Gasteiger partial charge in [0.05, 0.1) is 11.8 Å². The van der Waals surface area contributed by atoms with Gasteiger partial charge in [-0.2, -0.15) is 0 Å². The number of carbonyl (C=O) groups excluding carboxylic acids is 8. The molecule has 0 aliphatic carbocycles. The molecule has 0 spiro atoms. The normalized spacial score (nSPS) is 16.5. The number of nitrogens with zero attached hydrogens (tertiary/aromatic N) is 1. The van der Waals surface area contributed by atoms with Gasteiger partial charge in [-0.3, -0.25) is 19.8 Å². The molecule has 0 bridgehead atoms. The van der Waals surface area contributed by atoms with Crippen LogP contribution in [0.5, 0.6) is 0 Å². The molecule has 0 saturated carbocycles. The first kappa shape index (κ1) is 54.5. The van der Waals surface area contributed by atoms with Crippen LogP contribution in [0.15, 0.2) is 96.2 Å². The highest BCUT2D eigenvalue weighted by atomic mass is 35.6. The molecule has 4 atom stereocenters. The van der Waals surface area contributed by atoms with Crippen LogP contribution in [-0.2, 0) is 52.3 Å². The highest BCUT2D eigenvalue weighted by Crippen LogP contribution is 2.44. The fourth-order valence-corrected chi connectivity index (χ4v) is 8.06. The minimum Gasteiger partial charge on any atom is -0.458 e. The zero-order valence-electron chi connectivity index (χ0n) is 38.5. The van der Waals surface area contributed by atoms with Gasteiger partial charge in [0.25, 0.3) is 5.91 Å². The SMILES string of the molecule is CC(C)(C)OC(=O)N[C@H](COC(=O)Nc1ccc(C(OC(=O)OCC(Cl)(Cl)Cl)C(=O)NC2S[C@H]3CC(=O)N3C(C(=O)OC(c3ccccc3)c3ccccc3)=C2COC(N)=O)cc1)C(=O)OC(C)(C)C. The van der Waals surface area contributed by atoms with Crippen LogP contribution in [0.3, 0.4) is 0 Å². The average Bonchev–Trinajstić information content (AvgIpc) is 3.26. The molecular weight excluding hydrogens is 1000 g/mol. The van der Waals surface area contributed by atoms with Crippen molar-refractivity contribution >= 4 is 100 Å². The van der Waals surface area contributed by atoms with Gasteiger partial charge in [0.1, 0.15) is 42.1 Å². The first-order valence-corrected chi connectivity index (χ1v) is 23.2. The number of rotatable bonds is 16. The second-order valence-electron chi connectivity index (χ2n) is 17.3. The number of amides is 5. The van der Waals surface area contributed by atoms with Crippen LogP contribution in [-0.4, -0.2) is 105 Å². The fourth-order valence-electron chi connectivity index (χ4n) is 6.47. The van der Waals surface area contributed by atoms with Crippen molar-refractivity contribution in [3.05, 3.63) is 113 Å². The lowest BCUT2D eigenvalue weighted by Gasteiger charge is -2.47. The van der Waals surface area contributed by atoms with Gasteiger partial charge in [0.15, 0.2) is 12.1 Å². The second-order valence-corrected chi connectivity index (χ2v) is 21.1. The molecule has 24 heteroatoms. The Morgan fingerprint density at radius 2 is 1.34 bits per heavy atom. The van der Waals surface area contributed by atoms with E-state index in [0.29, 0.717) is 11.1 Å². The van der Waals surface area contributed by atoms with Crippen molar-refractivity contribution < 1.29 is 71.5 Å². The highest BCUT2D eigenvalue weighted by Gasteiger charge is 2.50. The van der Waals surface area contributed by atoms with Gasteiger partial charge >= 0.3 is 36.4 Å². The summed E-state index contributed by atoms with van der Waals surface area (Å²) in [7, 11) is 0. The third-order valence-electron chi connectivity index (χ3n) is 9.36. The Hall–Kier alpha value is -6.42. The Balaban J connectivity index is 1.41. The molecule has 20 nitrogen and oxygen atoms in total. The number of β-lactam (4-membered cyclic amide) rings is 1. The molecule has 70 heavy (non-hydrogen) atoms. The van der Waals surface area contributed by atoms with Crippen LogP contribution in [0, 0.1) is 0 Å². The quantitative estimate of drug-likeness (QED) is 0.0469. The number of nitrogens with two attached hydrogens (primary N) is 1. The van der Waals surface area contributed by atoms with E-state index in [0.717, 1.165) is 11.8 Å². The Morgan fingerprint density at radius 1 is 0.757 bits per heavy atom. The number of anilines is 1. The monoisotopic (exact) mass is 1050 g/mol. The number of benzene rings is 3. The summed E-state index contributed by atoms with van der Waals surface area (Å²) in [5.41, 5.74) is 4.33. The van der Waals surface area contributed by atoms with Gasteiger partial charge in [0.2, 0.25) is 15.8 Å². The number of carbonyl (C=O) groups is 8. The Morgan fingerprint density at radius 3 is 1.87 bits per heavy atom. The van der Waals surface area contributed by atoms with Crippen molar-refractivity contribution in [2.45, 2.75) is 92.0 Å². The summed E-state index contributed by atoms with van der Waals surface area (Å²) in [6, 6.07) is 21.3. The molecule has 2 aliphatic heterocycles. The predicted octanol–water partition coefficient (Wildman–Crippen LogP) is 7.46. The van der Waals surface area contributed by atoms with Gasteiger partial charge in [-0.05, 0) is 64.8 Å². The van der Waals surface area contributed by atoms with E-state index in [1.54, 1.807) is 102 Å². The zero-order chi connectivity index (χ0) is 51.6. The lowest BCUT2D eigenvalue weighted by molar-refractivity contribution is -0.158. The van der Waals surface area contributed by atoms with Crippen molar-refractivity contribution in [2.24, 2.45) is 5.73 Å². The molecule has 0 radical (unpaired) electrons. The van der Waals surface area contributed by atoms with Crippen LogP contribution >= 0.6 is 46.6 Å². The number of hydrogen-bond acceptors (Lipinski definition) is 16. The minimum absolute atomic E-state index is 0.0119. The maximum atomic E-state index is 14.4. The smallest absolute Gasteiger partial charge is 0.458 e. The Bertz CT molecular complexity index is 2410. The van der Waals surface area contributed by atoms with Crippen molar-refractivity contribution in [3.8, 4) is 0 Å². The molecular formula is C46H50Cl3N5O15S. The van der Waals surface area contributed by atoms with Gasteiger partial charge in [-0.25, -0.2) is 28.8 Å². The summed E-state index contributed by atoms with van der Waals surface area (Å²) in [5.74, 6) is -3.39. The lowest BCUT2D eigenvalue weighted by Crippen LogP contribution is -2.58. The highest BCUT2D eigenvalue weighted by molar-refractivity contribution is 8.00. The van der Waals surface area contributed by atoms with Crippen molar-refractivity contribution in [1.82, 2.24) is 15.5 Å². The third kappa shape index (κ3) is 16.3. The number of alkyl carbamates (subject to hydrolysis) is 1. The van der Waals surface area contributed by atoms with Crippen LogP contribution in [0.25, 0.3) is 0 Å². The first-order valence-electron chi connectivity index (χ1n) is 21.2. The summed E-state index contributed by atoms with van der Waals surface area (Å²) in [6.07, 6.45) is -7.61. The molecule has 3 aromatic rings. The molecule has 376 valence electrons. The molecule has 3 aromatic carbocycles. The molecule has 0 aromatic heterocycles. The molecule has 5 N–H and O–H groups in total. The molecule has 1 saturated heterocycles. The van der Waals surface area contributed by atoms with E-state index in [9.17, 15) is 38.4 Å². The van der Waals surface area contributed by atoms with E-state index in [4.69, 9.17) is 73.7 Å². The number of fused-ring (bicyclic) bond motifs is 1. The molecule has 2 aliphatic rings. The van der Waals surface area contributed by atoms with E-state index >= 15 is 0 Å². The third-order valence-corrected chi connectivity index (χ3v) is 11.0. The number of ether oxygens (including phenoxy) is 7. The van der Waals surface area contributed by atoms with E-state index in [-0.39, 0.29) is 28.9 Å². The standard InChI is InChI=1S/C46H50Cl3N5O15S/c1-44(2,3)68-38(57)30(52-42(61)69-45(4,5)6)23-64-41(60)51-28-19-17-27(18-20-28)35(67-43(62)65-24-46(47,48)49)36(56)53-37-29(22-63-40(50)59)33(54-31(55)21-32(54)70-37)39(58)66-34(25-13-9-7-10-14-25)26-15-11-8-12-16-26/h7-20,30,32,34-35,37H,21-24H2,1-6H3,(H2,50,59)(H,51,60)(H,52,61)(H,53,56)/t30-,32+,35?,37?/m1/s1. The summed E-state index contributed by atoms with van der Waals surface area (Å²) in [6.45, 7) is 7.54. The minimum atomic E-state index is -2.06. The number of primary amides is 1. The predicted molar refractivity (Wildman–Crippen MR) is 254 cm³/mol. The average molecular weight is 1050 g/mol. The number of halogens is 3. The maximum Gasteiger partial charge on any atom is 0.509 e. The summed E-state index contributed by atoms with van der Waals surface area (Å²) in [5, 5.41) is 5.52. The molecule has 2 unspecified atom stereocenters. The van der Waals surface area contributed by atoms with Gasteiger partial charge in [-0.15, -0.1) is 11.8 Å². The lowest BCUT2D eigenvalue weighted by atomic mass is 10.0. The molecule has 5 rings (SSSR count). The fraction of sp³-hybridized carbons (Fsp3) is 0.391. The van der Waals surface area contributed by atoms with Gasteiger partial charge in [-0.1, -0.05) is 108 Å². The number of nitrogens with one attached hydrogen (secondary N) is 3. The van der Waals surface area contributed by atoms with E-state index < -0.39 is 112 Å². The van der Waals surface area contributed by atoms with Crippen molar-refractivity contribution in [1.29, 1.82) is 0 Å². The summed E-state index contributed by atoms with van der Waals surface area (Å²) < 4.78 is 35.4. The number of hydrogen-bond donors (Lipinski definition) is 4. The van der Waals surface area contributed by atoms with Crippen LogP contribution in [0.4, 0.5) is 24.9 Å². The number of esters is 2. The van der Waals surface area contributed by atoms with Crippen LogP contribution in [0.2, 0.25) is 0 Å². The van der Waals surface area contributed by atoms with Crippen molar-refractivity contribution in [3.63, 3.8) is 0 Å². The van der Waals surface area contributed by atoms with E-state index in [2.05, 4.69) is 16.0 Å². The van der Waals surface area contributed by atoms with Gasteiger partial charge in [0, 0.05) is 16.8 Å². The maximum absolute atomic E-state index is 14.4. The summed E-state index contributed by atoms with van der Waals surface area (Å²) in [4.78, 5) is 106. The Labute approximate surface area is 421 Å².